The summed E-state index contributed by atoms with van der Waals surface area (Å²) in [6.45, 7) is 2.86. The van der Waals surface area contributed by atoms with E-state index >= 15 is 0 Å². The van der Waals surface area contributed by atoms with Gasteiger partial charge in [0, 0.05) is 42.2 Å². The lowest BCUT2D eigenvalue weighted by Gasteiger charge is -2.12. The number of hydrogen-bond acceptors (Lipinski definition) is 5. The lowest BCUT2D eigenvalue weighted by molar-refractivity contribution is 0.293. The molecular formula is C20H19N5O. The molecule has 1 aliphatic rings. The molecule has 0 saturated carbocycles. The first-order chi connectivity index (χ1) is 12.8. The first kappa shape index (κ1) is 15.3. The van der Waals surface area contributed by atoms with Crippen LogP contribution in [0.2, 0.25) is 0 Å². The molecule has 1 atom stereocenters. The van der Waals surface area contributed by atoms with Crippen LogP contribution in [0.5, 0.6) is 0 Å². The van der Waals surface area contributed by atoms with Gasteiger partial charge < -0.3 is 4.42 Å². The topological polar surface area (TPSA) is 59.5 Å². The molecule has 1 fully saturated rings. The summed E-state index contributed by atoms with van der Waals surface area (Å²) in [5.74, 6) is 2.30. The second-order valence-electron chi connectivity index (χ2n) is 6.73. The van der Waals surface area contributed by atoms with Gasteiger partial charge in [-0.2, -0.15) is 5.10 Å². The summed E-state index contributed by atoms with van der Waals surface area (Å²) >= 11 is 0. The van der Waals surface area contributed by atoms with E-state index in [-0.39, 0.29) is 0 Å². The second kappa shape index (κ2) is 6.38. The molecule has 0 spiro atoms. The maximum absolute atomic E-state index is 5.46. The minimum absolute atomic E-state index is 0.367. The van der Waals surface area contributed by atoms with Gasteiger partial charge in [-0.15, -0.1) is 0 Å². The van der Waals surface area contributed by atoms with E-state index in [1.54, 1.807) is 12.5 Å². The van der Waals surface area contributed by atoms with Gasteiger partial charge in [0.25, 0.3) is 0 Å². The number of fused-ring (bicyclic) bond motifs is 1. The summed E-state index contributed by atoms with van der Waals surface area (Å²) in [4.78, 5) is 11.3. The van der Waals surface area contributed by atoms with E-state index < -0.39 is 0 Å². The first-order valence-corrected chi connectivity index (χ1v) is 8.86. The Kier molecular flexibility index (Phi) is 3.75. The van der Waals surface area contributed by atoms with Crippen LogP contribution >= 0.6 is 0 Å². The van der Waals surface area contributed by atoms with Crippen molar-refractivity contribution in [2.75, 3.05) is 13.1 Å². The third-order valence-electron chi connectivity index (χ3n) is 4.94. The Hall–Kier alpha value is -2.99. The Morgan fingerprint density at radius 3 is 2.96 bits per heavy atom. The van der Waals surface area contributed by atoms with Crippen LogP contribution in [0.15, 0.2) is 65.7 Å². The molecule has 5 heterocycles. The van der Waals surface area contributed by atoms with Crippen molar-refractivity contribution >= 4 is 5.65 Å². The average molecular weight is 345 g/mol. The van der Waals surface area contributed by atoms with Gasteiger partial charge in [0.2, 0.25) is 0 Å². The van der Waals surface area contributed by atoms with E-state index in [9.17, 15) is 0 Å². The van der Waals surface area contributed by atoms with E-state index in [4.69, 9.17) is 14.5 Å². The van der Waals surface area contributed by atoms with Crippen LogP contribution in [0, 0.1) is 0 Å². The van der Waals surface area contributed by atoms with Gasteiger partial charge in [0.1, 0.15) is 5.76 Å². The van der Waals surface area contributed by atoms with E-state index in [0.29, 0.717) is 5.92 Å². The average Bonchev–Trinajstić information content (AvgIpc) is 3.42. The van der Waals surface area contributed by atoms with Crippen LogP contribution in [0.4, 0.5) is 0 Å². The largest absolute Gasteiger partial charge is 0.468 e. The molecule has 4 aromatic heterocycles. The number of furan rings is 1. The van der Waals surface area contributed by atoms with Gasteiger partial charge in [-0.3, -0.25) is 9.88 Å². The predicted molar refractivity (Wildman–Crippen MR) is 97.6 cm³/mol. The molecule has 0 radical (unpaired) electrons. The summed E-state index contributed by atoms with van der Waals surface area (Å²) in [6.07, 6.45) is 8.48. The molecule has 26 heavy (non-hydrogen) atoms. The Labute approximate surface area is 151 Å². The van der Waals surface area contributed by atoms with Gasteiger partial charge in [-0.05, 0) is 43.3 Å². The highest BCUT2D eigenvalue weighted by Crippen LogP contribution is 2.27. The molecule has 6 heteroatoms. The van der Waals surface area contributed by atoms with Crippen molar-refractivity contribution in [1.29, 1.82) is 0 Å². The van der Waals surface area contributed by atoms with E-state index in [1.165, 1.54) is 0 Å². The van der Waals surface area contributed by atoms with Crippen LogP contribution in [-0.4, -0.2) is 37.6 Å². The minimum atomic E-state index is 0.367. The molecule has 0 aromatic carbocycles. The van der Waals surface area contributed by atoms with E-state index in [0.717, 1.165) is 54.4 Å². The van der Waals surface area contributed by atoms with Crippen molar-refractivity contribution < 1.29 is 4.42 Å². The van der Waals surface area contributed by atoms with Crippen LogP contribution in [0.1, 0.15) is 23.9 Å². The number of nitrogens with zero attached hydrogens (tertiary/aromatic N) is 5. The normalized spacial score (nSPS) is 17.9. The van der Waals surface area contributed by atoms with E-state index in [1.807, 2.05) is 41.2 Å². The molecule has 1 aliphatic heterocycles. The number of aromatic nitrogens is 4. The molecule has 130 valence electrons. The summed E-state index contributed by atoms with van der Waals surface area (Å²) in [6, 6.07) is 12.0. The van der Waals surface area contributed by atoms with Gasteiger partial charge in [-0.25, -0.2) is 9.50 Å². The number of likely N-dealkylation sites (tertiary alicyclic amines) is 1. The standard InChI is InChI=1S/C20H19N5O/c1-3-15(11-21-8-1)16-5-6-19-22-20(23-25(19)13-16)17-7-9-24(12-17)14-18-4-2-10-26-18/h1-6,8,10-11,13,17H,7,9,12,14H2/t17-/m1/s1. The maximum Gasteiger partial charge on any atom is 0.156 e. The molecule has 0 bridgehead atoms. The third-order valence-corrected chi connectivity index (χ3v) is 4.94. The van der Waals surface area contributed by atoms with Crippen LogP contribution in [0.25, 0.3) is 16.8 Å². The van der Waals surface area contributed by atoms with Crippen molar-refractivity contribution in [1.82, 2.24) is 24.5 Å². The third kappa shape index (κ3) is 2.88. The van der Waals surface area contributed by atoms with Gasteiger partial charge in [0.15, 0.2) is 11.5 Å². The summed E-state index contributed by atoms with van der Waals surface area (Å²) < 4.78 is 7.34. The van der Waals surface area contributed by atoms with Crippen molar-refractivity contribution in [3.05, 3.63) is 72.8 Å². The zero-order valence-electron chi connectivity index (χ0n) is 14.3. The van der Waals surface area contributed by atoms with Gasteiger partial charge >= 0.3 is 0 Å². The lowest BCUT2D eigenvalue weighted by Crippen LogP contribution is -2.19. The zero-order valence-corrected chi connectivity index (χ0v) is 14.3. The van der Waals surface area contributed by atoms with Crippen LogP contribution < -0.4 is 0 Å². The second-order valence-corrected chi connectivity index (χ2v) is 6.73. The van der Waals surface area contributed by atoms with Gasteiger partial charge in [0.05, 0.1) is 12.8 Å². The summed E-state index contributed by atoms with van der Waals surface area (Å²) in [5.41, 5.74) is 3.06. The Bertz CT molecular complexity index is 1010. The SMILES string of the molecule is c1cncc(-c2ccc3nc([C@@H]4CCN(Cc5ccco5)C4)nn3c2)c1. The number of hydrogen-bond donors (Lipinski definition) is 0. The van der Waals surface area contributed by atoms with Crippen LogP contribution in [0.3, 0.4) is 0 Å². The first-order valence-electron chi connectivity index (χ1n) is 8.86. The minimum Gasteiger partial charge on any atom is -0.468 e. The summed E-state index contributed by atoms with van der Waals surface area (Å²) in [7, 11) is 0. The highest BCUT2D eigenvalue weighted by molar-refractivity contribution is 5.63. The Morgan fingerprint density at radius 1 is 1.12 bits per heavy atom. The zero-order chi connectivity index (χ0) is 17.3. The molecule has 1 saturated heterocycles. The quantitative estimate of drug-likeness (QED) is 0.567. The van der Waals surface area contributed by atoms with Crippen molar-refractivity contribution in [2.45, 2.75) is 18.9 Å². The molecule has 0 amide bonds. The molecule has 0 aliphatic carbocycles. The highest BCUT2D eigenvalue weighted by atomic mass is 16.3. The van der Waals surface area contributed by atoms with Gasteiger partial charge in [-0.1, -0.05) is 6.07 Å². The maximum atomic E-state index is 5.46. The summed E-state index contributed by atoms with van der Waals surface area (Å²) in [5, 5.41) is 4.75. The highest BCUT2D eigenvalue weighted by Gasteiger charge is 2.27. The van der Waals surface area contributed by atoms with Crippen LogP contribution in [-0.2, 0) is 6.54 Å². The molecular weight excluding hydrogens is 326 g/mol. The number of rotatable bonds is 4. The fraction of sp³-hybridized carbons (Fsp3) is 0.250. The smallest absolute Gasteiger partial charge is 0.156 e. The van der Waals surface area contributed by atoms with E-state index in [2.05, 4.69) is 22.0 Å². The molecule has 0 N–H and O–H groups in total. The Balaban J connectivity index is 1.36. The molecule has 5 rings (SSSR count). The fourth-order valence-corrected chi connectivity index (χ4v) is 3.59. The predicted octanol–water partition coefficient (Wildman–Crippen LogP) is 3.37. The molecule has 0 unspecified atom stereocenters. The Morgan fingerprint density at radius 2 is 2.12 bits per heavy atom. The number of pyridine rings is 2. The van der Waals surface area contributed by atoms with Crippen molar-refractivity contribution in [3.63, 3.8) is 0 Å². The molecule has 6 nitrogen and oxygen atoms in total. The molecule has 4 aromatic rings. The monoisotopic (exact) mass is 345 g/mol. The fourth-order valence-electron chi connectivity index (χ4n) is 3.59. The van der Waals surface area contributed by atoms with Crippen molar-refractivity contribution in [2.24, 2.45) is 0 Å². The lowest BCUT2D eigenvalue weighted by atomic mass is 10.1. The van der Waals surface area contributed by atoms with Crippen molar-refractivity contribution in [3.8, 4) is 11.1 Å².